The normalized spacial score (nSPS) is 10.9. The van der Waals surface area contributed by atoms with E-state index in [0.29, 0.717) is 11.5 Å². The Balaban J connectivity index is 2.27. The van der Waals surface area contributed by atoms with Gasteiger partial charge in [-0.15, -0.1) is 0 Å². The van der Waals surface area contributed by atoms with Crippen molar-refractivity contribution in [2.75, 3.05) is 0 Å². The molecule has 0 fully saturated rings. The molecule has 8 heteroatoms. The Kier molecular flexibility index (Phi) is 1.43. The van der Waals surface area contributed by atoms with E-state index >= 15 is 0 Å². The smallest absolute Gasteiger partial charge is 0.246 e. The quantitative estimate of drug-likeness (QED) is 0.547. The molecule has 0 aliphatic heterocycles. The lowest BCUT2D eigenvalue weighted by Crippen LogP contribution is -2.10. The highest BCUT2D eigenvalue weighted by atomic mass is 16.1. The summed E-state index contributed by atoms with van der Waals surface area (Å²) in [6.07, 6.45) is 4.31. The number of nitrogens with one attached hydrogen (secondary N) is 1. The average molecular weight is 203 g/mol. The number of aromatic amines is 1. The Bertz CT molecular complexity index is 649. The predicted molar refractivity (Wildman–Crippen MR) is 48.5 cm³/mol. The van der Waals surface area contributed by atoms with Gasteiger partial charge in [0.2, 0.25) is 0 Å². The third-order valence-corrected chi connectivity index (χ3v) is 1.95. The van der Waals surface area contributed by atoms with Crippen LogP contribution in [-0.2, 0) is 0 Å². The van der Waals surface area contributed by atoms with Crippen LogP contribution in [0.1, 0.15) is 0 Å². The van der Waals surface area contributed by atoms with E-state index in [1.165, 1.54) is 28.1 Å². The minimum absolute atomic E-state index is 0.317. The van der Waals surface area contributed by atoms with Gasteiger partial charge in [-0.1, -0.05) is 0 Å². The second kappa shape index (κ2) is 2.74. The molecular formula is C7H5N7O. The fourth-order valence-corrected chi connectivity index (χ4v) is 1.25. The van der Waals surface area contributed by atoms with Gasteiger partial charge in [-0.05, 0) is 0 Å². The molecule has 0 spiro atoms. The highest BCUT2D eigenvalue weighted by Crippen LogP contribution is 2.02. The van der Waals surface area contributed by atoms with Crippen LogP contribution in [0.3, 0.4) is 0 Å². The Morgan fingerprint density at radius 3 is 3.07 bits per heavy atom. The number of fused-ring (bicyclic) bond motifs is 1. The van der Waals surface area contributed by atoms with Crippen LogP contribution in [0.4, 0.5) is 0 Å². The van der Waals surface area contributed by atoms with Gasteiger partial charge in [0.25, 0.3) is 0 Å². The second-order valence-corrected chi connectivity index (χ2v) is 2.84. The first kappa shape index (κ1) is 7.85. The first-order chi connectivity index (χ1) is 7.34. The summed E-state index contributed by atoms with van der Waals surface area (Å²) < 4.78 is 2.79. The lowest BCUT2D eigenvalue weighted by molar-refractivity contribution is 0.833. The Hall–Kier alpha value is -2.51. The average Bonchev–Trinajstić information content (AvgIpc) is 2.88. The van der Waals surface area contributed by atoms with Crippen molar-refractivity contribution in [1.82, 2.24) is 34.3 Å². The highest BCUT2D eigenvalue weighted by molar-refractivity contribution is 5.41. The summed E-state index contributed by atoms with van der Waals surface area (Å²) in [4.78, 5) is 19.0. The van der Waals surface area contributed by atoms with E-state index in [9.17, 15) is 4.79 Å². The van der Waals surface area contributed by atoms with Crippen LogP contribution in [-0.4, -0.2) is 34.3 Å². The van der Waals surface area contributed by atoms with Crippen LogP contribution in [0, 0.1) is 0 Å². The minimum Gasteiger partial charge on any atom is -0.246 e. The van der Waals surface area contributed by atoms with Crippen molar-refractivity contribution in [3.63, 3.8) is 0 Å². The van der Waals surface area contributed by atoms with E-state index in [-0.39, 0.29) is 5.69 Å². The zero-order valence-electron chi connectivity index (χ0n) is 7.40. The maximum Gasteiger partial charge on any atom is 0.348 e. The highest BCUT2D eigenvalue weighted by Gasteiger charge is 2.03. The molecule has 0 saturated heterocycles. The summed E-state index contributed by atoms with van der Waals surface area (Å²) in [5.74, 6) is 0.555. The topological polar surface area (TPSA) is 93.8 Å². The number of hydrogen-bond donors (Lipinski definition) is 1. The molecule has 0 radical (unpaired) electrons. The molecule has 0 aliphatic carbocycles. The van der Waals surface area contributed by atoms with E-state index in [1.54, 1.807) is 6.07 Å². The van der Waals surface area contributed by atoms with Crippen molar-refractivity contribution in [2.24, 2.45) is 0 Å². The molecule has 3 aromatic rings. The summed E-state index contributed by atoms with van der Waals surface area (Å²) >= 11 is 0. The molecule has 0 aliphatic rings. The van der Waals surface area contributed by atoms with E-state index < -0.39 is 0 Å². The van der Waals surface area contributed by atoms with Crippen LogP contribution in [0.25, 0.3) is 11.5 Å². The molecule has 0 bridgehead atoms. The minimum atomic E-state index is -0.317. The van der Waals surface area contributed by atoms with Crippen molar-refractivity contribution in [1.29, 1.82) is 0 Å². The van der Waals surface area contributed by atoms with Gasteiger partial charge in [0.1, 0.15) is 19.0 Å². The first-order valence-electron chi connectivity index (χ1n) is 4.12. The molecule has 0 aromatic carbocycles. The van der Waals surface area contributed by atoms with E-state index in [2.05, 4.69) is 25.3 Å². The van der Waals surface area contributed by atoms with Crippen LogP contribution in [0.2, 0.25) is 0 Å². The third-order valence-electron chi connectivity index (χ3n) is 1.95. The predicted octanol–water partition coefficient (Wildman–Crippen LogP) is -1.00. The molecule has 0 saturated carbocycles. The van der Waals surface area contributed by atoms with Crippen molar-refractivity contribution in [3.8, 4) is 5.82 Å². The maximum absolute atomic E-state index is 11.1. The van der Waals surface area contributed by atoms with Crippen molar-refractivity contribution in [3.05, 3.63) is 35.5 Å². The molecule has 0 amide bonds. The van der Waals surface area contributed by atoms with Gasteiger partial charge >= 0.3 is 5.69 Å². The molecule has 15 heavy (non-hydrogen) atoms. The monoisotopic (exact) mass is 203 g/mol. The summed E-state index contributed by atoms with van der Waals surface area (Å²) in [7, 11) is 0. The third kappa shape index (κ3) is 1.11. The summed E-state index contributed by atoms with van der Waals surface area (Å²) in [5, 5.41) is 10.1. The molecule has 3 rings (SSSR count). The van der Waals surface area contributed by atoms with Crippen molar-refractivity contribution < 1.29 is 0 Å². The van der Waals surface area contributed by atoms with Crippen LogP contribution in [0.15, 0.2) is 29.8 Å². The van der Waals surface area contributed by atoms with Crippen LogP contribution in [0.5, 0.6) is 0 Å². The second-order valence-electron chi connectivity index (χ2n) is 2.84. The molecule has 1 N–H and O–H groups in total. The molecular weight excluding hydrogens is 198 g/mol. The van der Waals surface area contributed by atoms with Crippen molar-refractivity contribution >= 4 is 5.65 Å². The summed E-state index contributed by atoms with van der Waals surface area (Å²) in [6.45, 7) is 0. The summed E-state index contributed by atoms with van der Waals surface area (Å²) in [5.41, 5.74) is 0.170. The van der Waals surface area contributed by atoms with Crippen LogP contribution >= 0.6 is 0 Å². The van der Waals surface area contributed by atoms with Gasteiger partial charge in [0, 0.05) is 6.07 Å². The van der Waals surface area contributed by atoms with E-state index in [4.69, 9.17) is 0 Å². The van der Waals surface area contributed by atoms with Crippen molar-refractivity contribution in [2.45, 2.75) is 0 Å². The van der Waals surface area contributed by atoms with Gasteiger partial charge in [-0.25, -0.2) is 28.9 Å². The zero-order chi connectivity index (χ0) is 10.3. The molecule has 3 aromatic heterocycles. The van der Waals surface area contributed by atoms with E-state index in [1.807, 2.05) is 0 Å². The largest absolute Gasteiger partial charge is 0.348 e. The number of hydrogen-bond acceptors (Lipinski definition) is 5. The lowest BCUT2D eigenvalue weighted by atomic mass is 10.5. The van der Waals surface area contributed by atoms with Crippen LogP contribution < -0.4 is 5.69 Å². The molecule has 8 nitrogen and oxygen atoms in total. The fourth-order valence-electron chi connectivity index (χ4n) is 1.25. The number of rotatable bonds is 1. The standard InChI is InChI=1S/C7H5N7O/c15-7-12-11-6-1-5(9-4-13(6)7)14-3-8-2-10-14/h1-4H,(H,12,15). The van der Waals surface area contributed by atoms with E-state index in [0.717, 1.165) is 0 Å². The number of H-pyrrole nitrogens is 1. The van der Waals surface area contributed by atoms with Gasteiger partial charge in [-0.2, -0.15) is 10.2 Å². The molecule has 0 atom stereocenters. The number of nitrogens with zero attached hydrogens (tertiary/aromatic N) is 6. The van der Waals surface area contributed by atoms with Gasteiger partial charge < -0.3 is 0 Å². The number of aromatic nitrogens is 7. The SMILES string of the molecule is O=c1[nH]nc2cc(-n3cncn3)ncn12. The summed E-state index contributed by atoms with van der Waals surface area (Å²) in [6, 6.07) is 1.63. The Morgan fingerprint density at radius 1 is 1.33 bits per heavy atom. The Morgan fingerprint density at radius 2 is 2.27 bits per heavy atom. The molecule has 74 valence electrons. The van der Waals surface area contributed by atoms with Gasteiger partial charge in [0.05, 0.1) is 0 Å². The maximum atomic E-state index is 11.1. The lowest BCUT2D eigenvalue weighted by Gasteiger charge is -1.97. The molecule has 3 heterocycles. The fraction of sp³-hybridized carbons (Fsp3) is 0. The van der Waals surface area contributed by atoms with Gasteiger partial charge in [0.15, 0.2) is 11.5 Å². The van der Waals surface area contributed by atoms with Gasteiger partial charge in [-0.3, -0.25) is 0 Å². The zero-order valence-corrected chi connectivity index (χ0v) is 7.40. The Labute approximate surface area is 82.2 Å². The first-order valence-corrected chi connectivity index (χ1v) is 4.12. The molecule has 0 unspecified atom stereocenters.